The van der Waals surface area contributed by atoms with Gasteiger partial charge in [-0.05, 0) is 19.9 Å². The molecule has 0 aliphatic carbocycles. The zero-order valence-electron chi connectivity index (χ0n) is 11.8. The molecule has 2 N–H and O–H groups in total. The molecule has 7 heteroatoms. The van der Waals surface area contributed by atoms with Gasteiger partial charge >= 0.3 is 0 Å². The summed E-state index contributed by atoms with van der Waals surface area (Å²) in [5.74, 6) is 1.06. The summed E-state index contributed by atoms with van der Waals surface area (Å²) < 4.78 is 11.3. The lowest BCUT2D eigenvalue weighted by molar-refractivity contribution is 0.102. The van der Waals surface area contributed by atoms with Crippen LogP contribution in [-0.4, -0.2) is 34.0 Å². The predicted octanol–water partition coefficient (Wildman–Crippen LogP) is 1.78. The first-order valence-corrected chi connectivity index (χ1v) is 6.81. The summed E-state index contributed by atoms with van der Waals surface area (Å²) in [4.78, 5) is 12.1. The molecule has 21 heavy (non-hydrogen) atoms. The number of anilines is 1. The molecular weight excluding hydrogens is 272 g/mol. The summed E-state index contributed by atoms with van der Waals surface area (Å²) >= 11 is 0. The number of H-pyrrole nitrogens is 1. The fourth-order valence-corrected chi connectivity index (χ4v) is 2.31. The van der Waals surface area contributed by atoms with E-state index in [0.717, 1.165) is 17.7 Å². The number of hydrogen-bond acceptors (Lipinski definition) is 5. The van der Waals surface area contributed by atoms with E-state index < -0.39 is 0 Å². The van der Waals surface area contributed by atoms with Crippen LogP contribution in [0.15, 0.2) is 18.3 Å². The van der Waals surface area contributed by atoms with E-state index in [-0.39, 0.29) is 17.7 Å². The van der Waals surface area contributed by atoms with Crippen LogP contribution in [0.1, 0.15) is 29.9 Å². The minimum Gasteiger partial charge on any atom is -0.492 e. The summed E-state index contributed by atoms with van der Waals surface area (Å²) in [6, 6.07) is 3.71. The van der Waals surface area contributed by atoms with Gasteiger partial charge in [-0.15, -0.1) is 0 Å². The summed E-state index contributed by atoms with van der Waals surface area (Å²) in [6.45, 7) is 4.42. The van der Waals surface area contributed by atoms with Crippen molar-refractivity contribution in [2.75, 3.05) is 11.9 Å². The second-order valence-electron chi connectivity index (χ2n) is 4.83. The maximum Gasteiger partial charge on any atom is 0.277 e. The number of nitrogens with zero attached hydrogens (tertiary/aromatic N) is 2. The molecule has 1 atom stereocenters. The van der Waals surface area contributed by atoms with E-state index in [9.17, 15) is 4.79 Å². The van der Waals surface area contributed by atoms with Crippen LogP contribution < -0.4 is 14.8 Å². The number of carbonyl (C=O) groups is 1. The second kappa shape index (κ2) is 5.43. The Bertz CT molecular complexity index is 654. The number of hydrogen-bond donors (Lipinski definition) is 2. The average molecular weight is 288 g/mol. The third-order valence-corrected chi connectivity index (χ3v) is 3.19. The monoisotopic (exact) mass is 288 g/mol. The molecule has 0 saturated carbocycles. The topological polar surface area (TPSA) is 89.1 Å². The van der Waals surface area contributed by atoms with E-state index in [1.165, 1.54) is 6.20 Å². The molecule has 1 aromatic heterocycles. The number of carbonyl (C=O) groups excluding carboxylic acids is 1. The molecule has 0 bridgehead atoms. The van der Waals surface area contributed by atoms with Crippen molar-refractivity contribution < 1.29 is 14.3 Å². The Kier molecular flexibility index (Phi) is 3.47. The molecule has 1 unspecified atom stereocenters. The largest absolute Gasteiger partial charge is 0.492 e. The van der Waals surface area contributed by atoms with E-state index >= 15 is 0 Å². The highest BCUT2D eigenvalue weighted by molar-refractivity contribution is 6.03. The van der Waals surface area contributed by atoms with Gasteiger partial charge in [0.05, 0.1) is 18.5 Å². The van der Waals surface area contributed by atoms with Gasteiger partial charge in [-0.2, -0.15) is 15.4 Å². The minimum atomic E-state index is -0.351. The Balaban J connectivity index is 1.90. The van der Waals surface area contributed by atoms with Gasteiger partial charge in [-0.1, -0.05) is 0 Å². The van der Waals surface area contributed by atoms with E-state index in [1.54, 1.807) is 6.07 Å². The SMILES string of the molecule is CCOc1cc2c(cc1NC(=O)c1cn[nH]n1)OC(C)C2. The van der Waals surface area contributed by atoms with Crippen LogP contribution in [0.3, 0.4) is 0 Å². The third kappa shape index (κ3) is 2.67. The lowest BCUT2D eigenvalue weighted by Crippen LogP contribution is -2.13. The van der Waals surface area contributed by atoms with Gasteiger partial charge < -0.3 is 14.8 Å². The smallest absolute Gasteiger partial charge is 0.277 e. The Morgan fingerprint density at radius 1 is 1.57 bits per heavy atom. The molecule has 1 aliphatic heterocycles. The lowest BCUT2D eigenvalue weighted by atomic mass is 10.1. The van der Waals surface area contributed by atoms with Crippen molar-refractivity contribution >= 4 is 11.6 Å². The van der Waals surface area contributed by atoms with Crippen LogP contribution >= 0.6 is 0 Å². The highest BCUT2D eigenvalue weighted by Gasteiger charge is 2.23. The van der Waals surface area contributed by atoms with Crippen LogP contribution in [0.2, 0.25) is 0 Å². The molecule has 0 saturated heterocycles. The maximum absolute atomic E-state index is 12.1. The van der Waals surface area contributed by atoms with Gasteiger partial charge in [0.2, 0.25) is 0 Å². The fraction of sp³-hybridized carbons (Fsp3) is 0.357. The number of aromatic amines is 1. The van der Waals surface area contributed by atoms with Crippen molar-refractivity contribution in [2.45, 2.75) is 26.4 Å². The minimum absolute atomic E-state index is 0.135. The number of benzene rings is 1. The number of ether oxygens (including phenoxy) is 2. The van der Waals surface area contributed by atoms with Gasteiger partial charge in [-0.25, -0.2) is 0 Å². The van der Waals surface area contributed by atoms with E-state index in [0.29, 0.717) is 18.0 Å². The first kappa shape index (κ1) is 13.4. The number of amides is 1. The standard InChI is InChI=1S/C14H16N4O3/c1-3-20-13-5-9-4-8(2)21-12(9)6-10(13)16-14(19)11-7-15-18-17-11/h5-8H,3-4H2,1-2H3,(H,16,19)(H,15,17,18). The van der Waals surface area contributed by atoms with Gasteiger partial charge in [0.15, 0.2) is 5.69 Å². The Hall–Kier alpha value is -2.57. The summed E-state index contributed by atoms with van der Waals surface area (Å²) in [5.41, 5.74) is 1.87. The van der Waals surface area contributed by atoms with Crippen LogP contribution in [0, 0.1) is 0 Å². The van der Waals surface area contributed by atoms with E-state index in [4.69, 9.17) is 9.47 Å². The van der Waals surface area contributed by atoms with Gasteiger partial charge in [0.1, 0.15) is 17.6 Å². The van der Waals surface area contributed by atoms with Crippen molar-refractivity contribution in [3.63, 3.8) is 0 Å². The van der Waals surface area contributed by atoms with Crippen molar-refractivity contribution in [3.8, 4) is 11.5 Å². The average Bonchev–Trinajstić information content (AvgIpc) is 3.07. The van der Waals surface area contributed by atoms with Gasteiger partial charge in [0.25, 0.3) is 5.91 Å². The molecule has 1 aromatic carbocycles. The number of aromatic nitrogens is 3. The molecule has 2 heterocycles. The quantitative estimate of drug-likeness (QED) is 0.895. The first-order chi connectivity index (χ1) is 10.2. The predicted molar refractivity (Wildman–Crippen MR) is 75.7 cm³/mol. The molecule has 0 spiro atoms. The fourth-order valence-electron chi connectivity index (χ4n) is 2.31. The Morgan fingerprint density at radius 2 is 2.43 bits per heavy atom. The van der Waals surface area contributed by atoms with Gasteiger partial charge in [-0.3, -0.25) is 4.79 Å². The highest BCUT2D eigenvalue weighted by Crippen LogP contribution is 2.38. The molecule has 7 nitrogen and oxygen atoms in total. The Morgan fingerprint density at radius 3 is 3.14 bits per heavy atom. The first-order valence-electron chi connectivity index (χ1n) is 6.81. The molecule has 110 valence electrons. The lowest BCUT2D eigenvalue weighted by Gasteiger charge is -2.12. The highest BCUT2D eigenvalue weighted by atomic mass is 16.5. The molecule has 1 aliphatic rings. The van der Waals surface area contributed by atoms with Crippen LogP contribution in [0.4, 0.5) is 5.69 Å². The zero-order chi connectivity index (χ0) is 14.8. The van der Waals surface area contributed by atoms with Crippen LogP contribution in [-0.2, 0) is 6.42 Å². The summed E-state index contributed by atoms with van der Waals surface area (Å²) in [5, 5.41) is 12.6. The van der Waals surface area contributed by atoms with Crippen LogP contribution in [0.5, 0.6) is 11.5 Å². The second-order valence-corrected chi connectivity index (χ2v) is 4.83. The molecule has 2 aromatic rings. The van der Waals surface area contributed by atoms with Crippen molar-refractivity contribution in [3.05, 3.63) is 29.6 Å². The van der Waals surface area contributed by atoms with E-state index in [1.807, 2.05) is 19.9 Å². The number of rotatable bonds is 4. The number of nitrogens with one attached hydrogen (secondary N) is 2. The van der Waals surface area contributed by atoms with Crippen molar-refractivity contribution in [1.82, 2.24) is 15.4 Å². The maximum atomic E-state index is 12.1. The third-order valence-electron chi connectivity index (χ3n) is 3.19. The molecule has 0 fully saturated rings. The normalized spacial score (nSPS) is 16.2. The van der Waals surface area contributed by atoms with Crippen LogP contribution in [0.25, 0.3) is 0 Å². The van der Waals surface area contributed by atoms with E-state index in [2.05, 4.69) is 20.7 Å². The van der Waals surface area contributed by atoms with Crippen molar-refractivity contribution in [2.24, 2.45) is 0 Å². The summed E-state index contributed by atoms with van der Waals surface area (Å²) in [7, 11) is 0. The number of fused-ring (bicyclic) bond motifs is 1. The molecular formula is C14H16N4O3. The molecule has 1 amide bonds. The zero-order valence-corrected chi connectivity index (χ0v) is 11.8. The van der Waals surface area contributed by atoms with Crippen molar-refractivity contribution in [1.29, 1.82) is 0 Å². The van der Waals surface area contributed by atoms with Gasteiger partial charge in [0, 0.05) is 18.1 Å². The molecule has 0 radical (unpaired) electrons. The summed E-state index contributed by atoms with van der Waals surface area (Å²) in [6.07, 6.45) is 2.34. The Labute approximate surface area is 121 Å². The molecule has 3 rings (SSSR count).